The molecule has 0 saturated carbocycles. The minimum absolute atomic E-state index is 0.0244. The van der Waals surface area contributed by atoms with Crippen molar-refractivity contribution in [1.82, 2.24) is 14.5 Å². The lowest BCUT2D eigenvalue weighted by Crippen LogP contribution is -2.37. The molecule has 7 heteroatoms. The van der Waals surface area contributed by atoms with Gasteiger partial charge in [-0.25, -0.2) is 13.6 Å². The summed E-state index contributed by atoms with van der Waals surface area (Å²) in [4.78, 5) is 17.9. The topological polar surface area (TPSA) is 50.3 Å². The number of ether oxygens (including phenoxy) is 1. The fraction of sp³-hybridized carbons (Fsp3) is 0.345. The molecule has 3 aromatic carbocycles. The first kappa shape index (κ1) is 24.4. The Morgan fingerprint density at radius 1 is 0.861 bits per heavy atom. The van der Waals surface area contributed by atoms with Gasteiger partial charge in [-0.3, -0.25) is 4.57 Å². The zero-order valence-corrected chi connectivity index (χ0v) is 20.2. The van der Waals surface area contributed by atoms with Crippen molar-refractivity contribution in [3.63, 3.8) is 0 Å². The number of para-hydroxylation sites is 2. The summed E-state index contributed by atoms with van der Waals surface area (Å²) in [5, 5.41) is 0. The van der Waals surface area contributed by atoms with E-state index in [1.54, 1.807) is 24.3 Å². The number of halogens is 2. The molecule has 1 aliphatic heterocycles. The maximum absolute atomic E-state index is 13.4. The fourth-order valence-corrected chi connectivity index (χ4v) is 5.14. The van der Waals surface area contributed by atoms with Crippen molar-refractivity contribution in [2.45, 2.75) is 37.8 Å². The third-order valence-corrected chi connectivity index (χ3v) is 7.04. The predicted molar refractivity (Wildman–Crippen MR) is 137 cm³/mol. The normalized spacial score (nSPS) is 15.2. The first-order chi connectivity index (χ1) is 17.6. The first-order valence-electron chi connectivity index (χ1n) is 12.6. The summed E-state index contributed by atoms with van der Waals surface area (Å²) in [5.41, 5.74) is 3.54. The molecule has 0 amide bonds. The zero-order chi connectivity index (χ0) is 24.9. The van der Waals surface area contributed by atoms with Gasteiger partial charge >= 0.3 is 5.69 Å². The average Bonchev–Trinajstić information content (AvgIpc) is 3.24. The van der Waals surface area contributed by atoms with E-state index in [-0.39, 0.29) is 29.5 Å². The van der Waals surface area contributed by atoms with Gasteiger partial charge in [0.1, 0.15) is 17.7 Å². The highest BCUT2D eigenvalue weighted by atomic mass is 19.1. The Morgan fingerprint density at radius 3 is 2.11 bits per heavy atom. The summed E-state index contributed by atoms with van der Waals surface area (Å²) in [7, 11) is 0. The Balaban J connectivity index is 1.10. The molecular weight excluding hydrogens is 460 g/mol. The van der Waals surface area contributed by atoms with Crippen LogP contribution in [0.3, 0.4) is 0 Å². The van der Waals surface area contributed by atoms with Crippen LogP contribution in [0.5, 0.6) is 0 Å². The number of rotatable bonds is 9. The van der Waals surface area contributed by atoms with Gasteiger partial charge in [0.25, 0.3) is 0 Å². The number of nitrogens with one attached hydrogen (secondary N) is 1. The Hall–Kier alpha value is -3.29. The van der Waals surface area contributed by atoms with E-state index in [0.717, 1.165) is 67.5 Å². The lowest BCUT2D eigenvalue weighted by Gasteiger charge is -2.32. The zero-order valence-electron chi connectivity index (χ0n) is 20.2. The second-order valence-electron chi connectivity index (χ2n) is 9.45. The van der Waals surface area contributed by atoms with Crippen molar-refractivity contribution < 1.29 is 13.5 Å². The Morgan fingerprint density at radius 2 is 1.47 bits per heavy atom. The van der Waals surface area contributed by atoms with Gasteiger partial charge in [0, 0.05) is 25.7 Å². The van der Waals surface area contributed by atoms with Crippen LogP contribution >= 0.6 is 0 Å². The van der Waals surface area contributed by atoms with Crippen molar-refractivity contribution in [2.75, 3.05) is 26.2 Å². The molecule has 0 atom stereocenters. The lowest BCUT2D eigenvalue weighted by atomic mass is 10.0. The second kappa shape index (κ2) is 11.2. The number of hydrogen-bond donors (Lipinski definition) is 1. The number of aromatic nitrogens is 2. The summed E-state index contributed by atoms with van der Waals surface area (Å²) >= 11 is 0. The van der Waals surface area contributed by atoms with E-state index >= 15 is 0 Å². The van der Waals surface area contributed by atoms with Crippen molar-refractivity contribution in [3.8, 4) is 0 Å². The Bertz CT molecular complexity index is 1280. The summed E-state index contributed by atoms with van der Waals surface area (Å²) in [5.74, 6) is -0.593. The number of fused-ring (bicyclic) bond motifs is 1. The van der Waals surface area contributed by atoms with Crippen LogP contribution in [-0.4, -0.2) is 40.7 Å². The van der Waals surface area contributed by atoms with Crippen LogP contribution in [0.1, 0.15) is 49.0 Å². The number of imidazole rings is 1. The van der Waals surface area contributed by atoms with Crippen LogP contribution in [0.15, 0.2) is 77.6 Å². The number of H-pyrrole nitrogens is 1. The highest BCUT2D eigenvalue weighted by Gasteiger charge is 2.23. The molecule has 1 N–H and O–H groups in total. The van der Waals surface area contributed by atoms with Crippen LogP contribution in [0, 0.1) is 11.6 Å². The molecule has 0 radical (unpaired) electrons. The van der Waals surface area contributed by atoms with Gasteiger partial charge in [-0.1, -0.05) is 36.4 Å². The van der Waals surface area contributed by atoms with E-state index < -0.39 is 0 Å². The van der Waals surface area contributed by atoms with Gasteiger partial charge in [0.15, 0.2) is 0 Å². The van der Waals surface area contributed by atoms with Crippen LogP contribution in [0.2, 0.25) is 0 Å². The van der Waals surface area contributed by atoms with Gasteiger partial charge < -0.3 is 14.6 Å². The standard InChI is InChI=1S/C29H31F2N3O2/c30-23-11-7-21(8-12-23)28(22-9-13-24(31)14-10-22)36-20-4-3-17-33-18-15-25(16-19-33)34-27-6-2-1-5-26(27)32-29(34)35/h1-2,5-14,25,28H,3-4,15-20H2,(H,32,35). The fourth-order valence-electron chi connectivity index (χ4n) is 5.14. The van der Waals surface area contributed by atoms with Gasteiger partial charge in [-0.15, -0.1) is 0 Å². The molecule has 5 rings (SSSR count). The quantitative estimate of drug-likeness (QED) is 0.300. The number of hydrogen-bond acceptors (Lipinski definition) is 3. The van der Waals surface area contributed by atoms with Crippen LogP contribution in [0.25, 0.3) is 11.0 Å². The first-order valence-corrected chi connectivity index (χ1v) is 12.6. The van der Waals surface area contributed by atoms with Gasteiger partial charge in [-0.05, 0) is 79.8 Å². The van der Waals surface area contributed by atoms with Crippen LogP contribution < -0.4 is 5.69 Å². The monoisotopic (exact) mass is 491 g/mol. The highest BCUT2D eigenvalue weighted by Crippen LogP contribution is 2.28. The number of likely N-dealkylation sites (tertiary alicyclic amines) is 1. The van der Waals surface area contributed by atoms with Crippen molar-refractivity contribution in [1.29, 1.82) is 0 Å². The molecule has 0 unspecified atom stereocenters. The molecular formula is C29H31F2N3O2. The van der Waals surface area contributed by atoms with Crippen LogP contribution in [0.4, 0.5) is 8.78 Å². The van der Waals surface area contributed by atoms with Crippen molar-refractivity contribution >= 4 is 11.0 Å². The Kier molecular flexibility index (Phi) is 7.58. The largest absolute Gasteiger partial charge is 0.369 e. The van der Waals surface area contributed by atoms with Gasteiger partial charge in [0.2, 0.25) is 0 Å². The summed E-state index contributed by atoms with van der Waals surface area (Å²) in [6, 6.07) is 20.6. The predicted octanol–water partition coefficient (Wildman–Crippen LogP) is 5.83. The maximum atomic E-state index is 13.4. The van der Waals surface area contributed by atoms with E-state index in [1.807, 2.05) is 28.8 Å². The number of aromatic amines is 1. The van der Waals surface area contributed by atoms with E-state index in [2.05, 4.69) is 9.88 Å². The van der Waals surface area contributed by atoms with Crippen LogP contribution in [-0.2, 0) is 4.74 Å². The molecule has 0 bridgehead atoms. The van der Waals surface area contributed by atoms with E-state index in [4.69, 9.17) is 4.74 Å². The minimum atomic E-state index is -0.364. The van der Waals surface area contributed by atoms with Gasteiger partial charge in [0.05, 0.1) is 11.0 Å². The van der Waals surface area contributed by atoms with E-state index in [9.17, 15) is 13.6 Å². The smallest absolute Gasteiger partial charge is 0.326 e. The minimum Gasteiger partial charge on any atom is -0.369 e. The number of benzene rings is 3. The van der Waals surface area contributed by atoms with E-state index in [0.29, 0.717) is 6.61 Å². The lowest BCUT2D eigenvalue weighted by molar-refractivity contribution is 0.0741. The van der Waals surface area contributed by atoms with Crippen molar-refractivity contribution in [3.05, 3.63) is 106 Å². The summed E-state index contributed by atoms with van der Waals surface area (Å²) < 4.78 is 34.9. The second-order valence-corrected chi connectivity index (χ2v) is 9.45. The Labute approximate surface area is 209 Å². The molecule has 1 saturated heterocycles. The molecule has 1 aromatic heterocycles. The molecule has 5 nitrogen and oxygen atoms in total. The molecule has 0 spiro atoms. The summed E-state index contributed by atoms with van der Waals surface area (Å²) in [6.07, 6.45) is 3.43. The van der Waals surface area contributed by atoms with Crippen molar-refractivity contribution in [2.24, 2.45) is 0 Å². The molecule has 4 aromatic rings. The third-order valence-electron chi connectivity index (χ3n) is 7.04. The van der Waals surface area contributed by atoms with E-state index in [1.165, 1.54) is 24.3 Å². The number of unbranched alkanes of at least 4 members (excludes halogenated alkanes) is 1. The average molecular weight is 492 g/mol. The van der Waals surface area contributed by atoms with Gasteiger partial charge in [-0.2, -0.15) is 0 Å². The number of nitrogens with zero attached hydrogens (tertiary/aromatic N) is 2. The molecule has 188 valence electrons. The third kappa shape index (κ3) is 5.58. The highest BCUT2D eigenvalue weighted by molar-refractivity contribution is 5.75. The molecule has 2 heterocycles. The molecule has 1 aliphatic rings. The number of piperidine rings is 1. The molecule has 36 heavy (non-hydrogen) atoms. The molecule has 1 fully saturated rings. The molecule has 0 aliphatic carbocycles. The maximum Gasteiger partial charge on any atom is 0.326 e. The summed E-state index contributed by atoms with van der Waals surface area (Å²) in [6.45, 7) is 3.47. The SMILES string of the molecule is O=c1[nH]c2ccccc2n1C1CCN(CCCCOC(c2ccc(F)cc2)c2ccc(F)cc2)CC1.